The molecule has 0 spiro atoms. The van der Waals surface area contributed by atoms with E-state index >= 15 is 0 Å². The number of nitrogens with zero attached hydrogens (tertiary/aromatic N) is 1. The first-order valence-electron chi connectivity index (χ1n) is 8.24. The van der Waals surface area contributed by atoms with Gasteiger partial charge in [-0.05, 0) is 34.9 Å². The molecule has 0 unspecified atom stereocenters. The molecule has 0 aliphatic heterocycles. The van der Waals surface area contributed by atoms with E-state index in [0.717, 1.165) is 12.3 Å². The summed E-state index contributed by atoms with van der Waals surface area (Å²) in [5.41, 5.74) is -1.35. The van der Waals surface area contributed by atoms with Crippen molar-refractivity contribution >= 4 is 21.2 Å². The van der Waals surface area contributed by atoms with Gasteiger partial charge in [0.2, 0.25) is 10.0 Å². The number of pyridine rings is 1. The molecule has 1 aliphatic carbocycles. The van der Waals surface area contributed by atoms with E-state index in [1.165, 1.54) is 42.5 Å². The highest BCUT2D eigenvalue weighted by atomic mass is 32.2. The Morgan fingerprint density at radius 2 is 1.41 bits per heavy atom. The third-order valence-corrected chi connectivity index (χ3v) is 5.44. The minimum atomic E-state index is -4.62. The van der Waals surface area contributed by atoms with Crippen LogP contribution in [0.1, 0.15) is 16.8 Å². The maximum absolute atomic E-state index is 13.6. The van der Waals surface area contributed by atoms with Gasteiger partial charge in [0, 0.05) is 11.8 Å². The molecular formula is C19H15F5N2O2S. The van der Waals surface area contributed by atoms with Crippen molar-refractivity contribution in [3.8, 4) is 0 Å². The van der Waals surface area contributed by atoms with Gasteiger partial charge in [0.05, 0.1) is 10.3 Å². The van der Waals surface area contributed by atoms with Crippen molar-refractivity contribution in [3.05, 3.63) is 71.6 Å². The van der Waals surface area contributed by atoms with Crippen molar-refractivity contribution in [3.63, 3.8) is 0 Å². The van der Waals surface area contributed by atoms with Gasteiger partial charge in [-0.3, -0.25) is 4.98 Å². The maximum Gasteiger partial charge on any atom is 0.433 e. The van der Waals surface area contributed by atoms with Gasteiger partial charge in [-0.15, -0.1) is 0 Å². The predicted octanol–water partition coefficient (Wildman–Crippen LogP) is 4.15. The lowest BCUT2D eigenvalue weighted by Crippen LogP contribution is -2.18. The molecule has 0 saturated heterocycles. The first kappa shape index (κ1) is 21.1. The third kappa shape index (κ3) is 4.23. The standard InChI is InChI=1S/C19H15F5N2O2S/c20-10-18(11-21)7-15(12-1-4-14(5-2-12)29(25,27)28)16(8-18)13-3-6-17(26-9-13)19(22,23)24/h1-9H,10-11H2,(H2,25,27,28). The molecule has 1 heterocycles. The van der Waals surface area contributed by atoms with Crippen molar-refractivity contribution in [1.29, 1.82) is 0 Å². The van der Waals surface area contributed by atoms with E-state index in [0.29, 0.717) is 16.7 Å². The lowest BCUT2D eigenvalue weighted by Gasteiger charge is -2.15. The first-order chi connectivity index (χ1) is 13.5. The van der Waals surface area contributed by atoms with Gasteiger partial charge >= 0.3 is 6.18 Å². The lowest BCUT2D eigenvalue weighted by atomic mass is 9.93. The van der Waals surface area contributed by atoms with E-state index in [-0.39, 0.29) is 10.5 Å². The average Bonchev–Trinajstić information content (AvgIpc) is 3.07. The number of nitrogens with two attached hydrogens (primary N) is 1. The van der Waals surface area contributed by atoms with E-state index in [9.17, 15) is 30.4 Å². The summed E-state index contributed by atoms with van der Waals surface area (Å²) in [6, 6.07) is 7.23. The summed E-state index contributed by atoms with van der Waals surface area (Å²) in [4.78, 5) is 3.24. The Labute approximate surface area is 163 Å². The zero-order chi connectivity index (χ0) is 21.4. The number of rotatable bonds is 5. The number of hydrogen-bond donors (Lipinski definition) is 1. The van der Waals surface area contributed by atoms with Crippen LogP contribution in [0, 0.1) is 5.41 Å². The topological polar surface area (TPSA) is 73.1 Å². The van der Waals surface area contributed by atoms with Crippen molar-refractivity contribution in [2.45, 2.75) is 11.1 Å². The summed E-state index contributed by atoms with van der Waals surface area (Å²) in [5, 5.41) is 5.06. The summed E-state index contributed by atoms with van der Waals surface area (Å²) in [6.07, 6.45) is -0.994. The molecule has 10 heteroatoms. The van der Waals surface area contributed by atoms with Gasteiger partial charge in [0.15, 0.2) is 0 Å². The molecule has 1 aliphatic rings. The Kier molecular flexibility index (Phi) is 5.35. The number of sulfonamides is 1. The smallest absolute Gasteiger partial charge is 0.251 e. The number of benzene rings is 1. The number of primary sulfonamides is 1. The first-order valence-corrected chi connectivity index (χ1v) is 9.79. The van der Waals surface area contributed by atoms with Gasteiger partial charge in [-0.25, -0.2) is 22.3 Å². The van der Waals surface area contributed by atoms with Gasteiger partial charge in [-0.2, -0.15) is 13.2 Å². The van der Waals surface area contributed by atoms with E-state index in [1.54, 1.807) is 0 Å². The van der Waals surface area contributed by atoms with E-state index < -0.39 is 40.7 Å². The molecule has 4 nitrogen and oxygen atoms in total. The number of allylic oxidation sites excluding steroid dienone is 4. The molecule has 1 aromatic heterocycles. The molecule has 0 atom stereocenters. The summed E-state index contributed by atoms with van der Waals surface area (Å²) < 4.78 is 88.3. The monoisotopic (exact) mass is 430 g/mol. The molecule has 2 aromatic rings. The van der Waals surface area contributed by atoms with Crippen LogP contribution in [0.5, 0.6) is 0 Å². The fraction of sp³-hybridized carbons (Fsp3) is 0.211. The largest absolute Gasteiger partial charge is 0.433 e. The molecule has 154 valence electrons. The fourth-order valence-corrected chi connectivity index (χ4v) is 3.50. The highest BCUT2D eigenvalue weighted by molar-refractivity contribution is 7.89. The number of alkyl halides is 5. The number of aromatic nitrogens is 1. The van der Waals surface area contributed by atoms with Crippen LogP contribution >= 0.6 is 0 Å². The van der Waals surface area contributed by atoms with Crippen LogP contribution in [0.2, 0.25) is 0 Å². The van der Waals surface area contributed by atoms with Crippen LogP contribution in [0.3, 0.4) is 0 Å². The molecule has 0 saturated carbocycles. The molecule has 0 amide bonds. The summed E-state index contributed by atoms with van der Waals surface area (Å²) in [5.74, 6) is 0. The molecule has 0 fully saturated rings. The zero-order valence-electron chi connectivity index (χ0n) is 14.7. The van der Waals surface area contributed by atoms with Crippen molar-refractivity contribution < 1.29 is 30.4 Å². The lowest BCUT2D eigenvalue weighted by molar-refractivity contribution is -0.141. The summed E-state index contributed by atoms with van der Waals surface area (Å²) in [6.45, 7) is -2.11. The van der Waals surface area contributed by atoms with Gasteiger partial charge in [0.1, 0.15) is 19.0 Å². The fourth-order valence-electron chi connectivity index (χ4n) is 2.98. The van der Waals surface area contributed by atoms with Gasteiger partial charge in [-0.1, -0.05) is 30.4 Å². The Hall–Kier alpha value is -2.59. The number of halogens is 5. The summed E-state index contributed by atoms with van der Waals surface area (Å²) in [7, 11) is -3.93. The normalized spacial score (nSPS) is 16.5. The molecule has 0 radical (unpaired) electrons. The number of hydrogen-bond acceptors (Lipinski definition) is 3. The quantitative estimate of drug-likeness (QED) is 0.725. The second-order valence-corrected chi connectivity index (χ2v) is 8.18. The van der Waals surface area contributed by atoms with Crippen LogP contribution in [0.4, 0.5) is 22.0 Å². The Bertz CT molecular complexity index is 1070. The average molecular weight is 430 g/mol. The molecule has 1 aromatic carbocycles. The van der Waals surface area contributed by atoms with Crippen molar-refractivity contribution in [2.75, 3.05) is 13.3 Å². The van der Waals surface area contributed by atoms with Crippen LogP contribution in [-0.4, -0.2) is 26.8 Å². The molecule has 0 bridgehead atoms. The van der Waals surface area contributed by atoms with Gasteiger partial charge in [0.25, 0.3) is 0 Å². The highest BCUT2D eigenvalue weighted by Gasteiger charge is 2.35. The molecule has 2 N–H and O–H groups in total. The SMILES string of the molecule is NS(=O)(=O)c1ccc(C2=CC(CF)(CF)C=C2c2ccc(C(F)(F)F)nc2)cc1. The molecule has 29 heavy (non-hydrogen) atoms. The molecule has 3 rings (SSSR count). The van der Waals surface area contributed by atoms with E-state index in [2.05, 4.69) is 4.98 Å². The predicted molar refractivity (Wildman–Crippen MR) is 97.4 cm³/mol. The Balaban J connectivity index is 2.08. The van der Waals surface area contributed by atoms with Crippen LogP contribution in [0.15, 0.2) is 59.6 Å². The minimum Gasteiger partial charge on any atom is -0.251 e. The Morgan fingerprint density at radius 3 is 1.83 bits per heavy atom. The van der Waals surface area contributed by atoms with Crippen molar-refractivity contribution in [1.82, 2.24) is 4.98 Å². The summed E-state index contributed by atoms with van der Waals surface area (Å²) >= 11 is 0. The van der Waals surface area contributed by atoms with Crippen molar-refractivity contribution in [2.24, 2.45) is 10.6 Å². The maximum atomic E-state index is 13.6. The zero-order valence-corrected chi connectivity index (χ0v) is 15.6. The van der Waals surface area contributed by atoms with Crippen LogP contribution in [0.25, 0.3) is 11.1 Å². The highest BCUT2D eigenvalue weighted by Crippen LogP contribution is 2.45. The Morgan fingerprint density at radius 1 is 0.897 bits per heavy atom. The third-order valence-electron chi connectivity index (χ3n) is 4.51. The van der Waals surface area contributed by atoms with E-state index in [4.69, 9.17) is 5.14 Å². The minimum absolute atomic E-state index is 0.149. The van der Waals surface area contributed by atoms with Crippen LogP contribution in [-0.2, 0) is 16.2 Å². The van der Waals surface area contributed by atoms with Gasteiger partial charge < -0.3 is 0 Å². The molecular weight excluding hydrogens is 415 g/mol. The van der Waals surface area contributed by atoms with E-state index in [1.807, 2.05) is 0 Å². The van der Waals surface area contributed by atoms with Crippen LogP contribution < -0.4 is 5.14 Å². The second kappa shape index (κ2) is 7.34. The second-order valence-electron chi connectivity index (χ2n) is 6.62.